The second-order valence-electron chi connectivity index (χ2n) is 11.5. The Morgan fingerprint density at radius 1 is 1.11 bits per heavy atom. The van der Waals surface area contributed by atoms with Gasteiger partial charge in [0.25, 0.3) is 0 Å². The lowest BCUT2D eigenvalue weighted by Gasteiger charge is -2.39. The van der Waals surface area contributed by atoms with Crippen LogP contribution in [-0.4, -0.2) is 23.1 Å². The van der Waals surface area contributed by atoms with E-state index >= 15 is 0 Å². The van der Waals surface area contributed by atoms with E-state index in [2.05, 4.69) is 97.6 Å². The number of anilines is 1. The lowest BCUT2D eigenvalue weighted by molar-refractivity contribution is 0.196. The molecule has 0 radical (unpaired) electrons. The smallest absolute Gasteiger partial charge is 0.162 e. The number of ether oxygens (including phenoxy) is 1. The summed E-state index contributed by atoms with van der Waals surface area (Å²) >= 11 is 0. The van der Waals surface area contributed by atoms with Gasteiger partial charge in [-0.25, -0.2) is 9.97 Å². The van der Waals surface area contributed by atoms with E-state index in [0.29, 0.717) is 12.5 Å². The Kier molecular flexibility index (Phi) is 8.79. The molecular weight excluding hydrogens is 430 g/mol. The summed E-state index contributed by atoms with van der Waals surface area (Å²) in [5.41, 5.74) is 7.08. The van der Waals surface area contributed by atoms with E-state index in [1.54, 1.807) is 0 Å². The minimum Gasteiger partial charge on any atom is -0.493 e. The Bertz CT molecular complexity index is 1070. The summed E-state index contributed by atoms with van der Waals surface area (Å²) in [6.07, 6.45) is 7.91. The quantitative estimate of drug-likeness (QED) is 0.285. The van der Waals surface area contributed by atoms with E-state index < -0.39 is 0 Å². The van der Waals surface area contributed by atoms with Crippen LogP contribution in [0.15, 0.2) is 41.7 Å². The van der Waals surface area contributed by atoms with Crippen LogP contribution in [0.2, 0.25) is 0 Å². The maximum Gasteiger partial charge on any atom is 0.162 e. The van der Waals surface area contributed by atoms with Crippen molar-refractivity contribution in [2.75, 3.05) is 18.0 Å². The Balaban J connectivity index is 1.99. The molecule has 0 aliphatic carbocycles. The maximum atomic E-state index is 6.33. The summed E-state index contributed by atoms with van der Waals surface area (Å²) in [4.78, 5) is 12.7. The van der Waals surface area contributed by atoms with E-state index in [1.807, 2.05) is 0 Å². The first-order valence-electron chi connectivity index (χ1n) is 13.1. The van der Waals surface area contributed by atoms with Gasteiger partial charge in [0.15, 0.2) is 5.82 Å². The summed E-state index contributed by atoms with van der Waals surface area (Å²) in [6, 6.07) is 6.39. The summed E-state index contributed by atoms with van der Waals surface area (Å²) in [5.74, 6) is 3.46. The van der Waals surface area contributed by atoms with E-state index in [0.717, 1.165) is 59.3 Å². The standard InChI is InChI=1S/C31H45N3O/c1-21(2)13-10-14-22(3)26(7)35-19-27-25(6)32-29(28-23(4)15-11-16-24(28)5)33-30(27)34-18-12-17-31(8,9)20-34/h10-11,14-16,21H,12-13,17-20H2,1-9H3/b14-10-,26-22+. The van der Waals surface area contributed by atoms with E-state index in [4.69, 9.17) is 14.7 Å². The number of aromatic nitrogens is 2. The highest BCUT2D eigenvalue weighted by Gasteiger charge is 2.30. The average molecular weight is 476 g/mol. The number of aryl methyl sites for hydroxylation is 3. The van der Waals surface area contributed by atoms with Crippen molar-refractivity contribution in [2.24, 2.45) is 11.3 Å². The topological polar surface area (TPSA) is 38.3 Å². The van der Waals surface area contributed by atoms with Gasteiger partial charge in [-0.1, -0.05) is 58.0 Å². The molecule has 1 aromatic carbocycles. The lowest BCUT2D eigenvalue weighted by atomic mass is 9.84. The molecule has 2 aromatic rings. The molecule has 4 nitrogen and oxygen atoms in total. The Labute approximate surface area is 213 Å². The average Bonchev–Trinajstić information content (AvgIpc) is 2.76. The van der Waals surface area contributed by atoms with Crippen LogP contribution >= 0.6 is 0 Å². The predicted octanol–water partition coefficient (Wildman–Crippen LogP) is 8.11. The van der Waals surface area contributed by atoms with Gasteiger partial charge in [-0.3, -0.25) is 0 Å². The van der Waals surface area contributed by atoms with E-state index in [-0.39, 0.29) is 5.41 Å². The van der Waals surface area contributed by atoms with Crippen LogP contribution in [0, 0.1) is 32.1 Å². The zero-order valence-corrected chi connectivity index (χ0v) is 23.5. The Morgan fingerprint density at radius 3 is 2.43 bits per heavy atom. The number of nitrogens with zero attached hydrogens (tertiary/aromatic N) is 3. The zero-order chi connectivity index (χ0) is 25.8. The minimum atomic E-state index is 0.265. The van der Waals surface area contributed by atoms with Gasteiger partial charge in [-0.15, -0.1) is 0 Å². The van der Waals surface area contributed by atoms with Crippen LogP contribution in [-0.2, 0) is 11.3 Å². The molecule has 1 fully saturated rings. The number of hydrogen-bond acceptors (Lipinski definition) is 4. The third-order valence-corrected chi connectivity index (χ3v) is 7.06. The van der Waals surface area contributed by atoms with Crippen molar-refractivity contribution in [3.05, 3.63) is 64.1 Å². The predicted molar refractivity (Wildman–Crippen MR) is 149 cm³/mol. The van der Waals surface area contributed by atoms with Gasteiger partial charge in [0.2, 0.25) is 0 Å². The van der Waals surface area contributed by atoms with Crippen LogP contribution < -0.4 is 4.90 Å². The van der Waals surface area contributed by atoms with Crippen molar-refractivity contribution >= 4 is 5.82 Å². The summed E-state index contributed by atoms with van der Waals surface area (Å²) in [5, 5.41) is 0. The van der Waals surface area contributed by atoms with Crippen LogP contribution in [0.4, 0.5) is 5.82 Å². The fourth-order valence-corrected chi connectivity index (χ4v) is 4.82. The van der Waals surface area contributed by atoms with E-state index in [9.17, 15) is 0 Å². The number of piperidine rings is 1. The van der Waals surface area contributed by atoms with Gasteiger partial charge in [0, 0.05) is 18.7 Å². The molecule has 0 unspecified atom stereocenters. The molecule has 0 saturated carbocycles. The monoisotopic (exact) mass is 475 g/mol. The molecular formula is C31H45N3O. The fourth-order valence-electron chi connectivity index (χ4n) is 4.82. The minimum absolute atomic E-state index is 0.265. The van der Waals surface area contributed by atoms with Gasteiger partial charge < -0.3 is 9.64 Å². The van der Waals surface area contributed by atoms with Crippen molar-refractivity contribution in [2.45, 2.75) is 88.2 Å². The molecule has 1 aromatic heterocycles. The third kappa shape index (κ3) is 6.96. The van der Waals surface area contributed by atoms with Gasteiger partial charge in [0.1, 0.15) is 12.4 Å². The summed E-state index contributed by atoms with van der Waals surface area (Å²) < 4.78 is 6.33. The lowest BCUT2D eigenvalue weighted by Crippen LogP contribution is -2.41. The molecule has 2 heterocycles. The zero-order valence-electron chi connectivity index (χ0n) is 23.5. The molecule has 1 aliphatic heterocycles. The van der Waals surface area contributed by atoms with Crippen molar-refractivity contribution < 1.29 is 4.74 Å². The molecule has 0 bridgehead atoms. The van der Waals surface area contributed by atoms with Crippen LogP contribution in [0.1, 0.15) is 83.2 Å². The van der Waals surface area contributed by atoms with Crippen LogP contribution in [0.3, 0.4) is 0 Å². The summed E-state index contributed by atoms with van der Waals surface area (Å²) in [6.45, 7) is 22.2. The Hall–Kier alpha value is -2.62. The normalized spacial score (nSPS) is 16.7. The molecule has 190 valence electrons. The Morgan fingerprint density at radius 2 is 1.80 bits per heavy atom. The van der Waals surface area contributed by atoms with E-state index in [1.165, 1.54) is 24.0 Å². The van der Waals surface area contributed by atoms with Crippen molar-refractivity contribution in [3.8, 4) is 11.4 Å². The highest BCUT2D eigenvalue weighted by Crippen LogP contribution is 2.35. The molecule has 1 saturated heterocycles. The molecule has 1 aliphatic rings. The molecule has 0 spiro atoms. The molecule has 0 N–H and O–H groups in total. The molecule has 3 rings (SSSR count). The van der Waals surface area contributed by atoms with Crippen molar-refractivity contribution in [3.63, 3.8) is 0 Å². The van der Waals surface area contributed by atoms with Gasteiger partial charge in [-0.05, 0) is 81.9 Å². The molecule has 0 atom stereocenters. The summed E-state index contributed by atoms with van der Waals surface area (Å²) in [7, 11) is 0. The molecule has 4 heteroatoms. The number of hydrogen-bond donors (Lipinski definition) is 0. The first-order valence-corrected chi connectivity index (χ1v) is 13.1. The van der Waals surface area contributed by atoms with Crippen molar-refractivity contribution in [1.82, 2.24) is 9.97 Å². The van der Waals surface area contributed by atoms with Gasteiger partial charge in [-0.2, -0.15) is 0 Å². The first-order chi connectivity index (χ1) is 16.5. The highest BCUT2D eigenvalue weighted by atomic mass is 16.5. The second kappa shape index (κ2) is 11.4. The highest BCUT2D eigenvalue weighted by molar-refractivity contribution is 5.67. The number of rotatable bonds is 8. The third-order valence-electron chi connectivity index (χ3n) is 7.06. The van der Waals surface area contributed by atoms with Crippen LogP contribution in [0.5, 0.6) is 0 Å². The van der Waals surface area contributed by atoms with Gasteiger partial charge >= 0.3 is 0 Å². The fraction of sp³-hybridized carbons (Fsp3) is 0.548. The first kappa shape index (κ1) is 27.0. The number of benzene rings is 1. The molecule has 0 amide bonds. The number of allylic oxidation sites excluding steroid dienone is 4. The van der Waals surface area contributed by atoms with Crippen molar-refractivity contribution in [1.29, 1.82) is 0 Å². The SMILES string of the molecule is CC(/C=C\CC(C)C)=C(/C)OCc1c(C)nc(-c2c(C)cccc2C)nc1N1CCCC(C)(C)C1. The largest absolute Gasteiger partial charge is 0.493 e. The maximum absolute atomic E-state index is 6.33. The van der Waals surface area contributed by atoms with Crippen LogP contribution in [0.25, 0.3) is 11.4 Å². The van der Waals surface area contributed by atoms with Gasteiger partial charge in [0.05, 0.1) is 17.0 Å². The second-order valence-corrected chi connectivity index (χ2v) is 11.5. The molecule has 35 heavy (non-hydrogen) atoms.